The monoisotopic (exact) mass is 294 g/mol. The number of alkyl halides is 6. The molecule has 1 N–H and O–H groups in total. The summed E-state index contributed by atoms with van der Waals surface area (Å²) in [6, 6.07) is 0. The first-order chi connectivity index (χ1) is 5.29. The molecular formula is C4H4Cl6O2. The van der Waals surface area contributed by atoms with Gasteiger partial charge < -0.3 is 5.11 Å². The lowest BCUT2D eigenvalue weighted by Crippen LogP contribution is -2.03. The molecule has 0 aromatic heterocycles. The van der Waals surface area contributed by atoms with E-state index in [1.807, 2.05) is 0 Å². The SMILES string of the molecule is ClC(Cl)C(Cl)Cl.O=C(O)C(Cl)Cl. The Morgan fingerprint density at radius 1 is 0.917 bits per heavy atom. The lowest BCUT2D eigenvalue weighted by atomic mass is 10.8. The molecule has 0 amide bonds. The summed E-state index contributed by atoms with van der Waals surface area (Å²) in [5.74, 6) is -1.21. The van der Waals surface area contributed by atoms with Gasteiger partial charge in [-0.25, -0.2) is 4.79 Å². The maximum atomic E-state index is 9.44. The Kier molecular flexibility index (Phi) is 11.5. The molecule has 12 heavy (non-hydrogen) atoms. The van der Waals surface area contributed by atoms with Crippen molar-refractivity contribution in [3.05, 3.63) is 0 Å². The Hall–Kier alpha value is 1.21. The standard InChI is InChI=1S/C2H2Cl4.C2H2Cl2O2/c2*3-1(4)2(5)6/h1-2H;1H,(H,5,6). The third kappa shape index (κ3) is 13.8. The molecule has 0 spiro atoms. The second kappa shape index (κ2) is 8.79. The molecule has 0 unspecified atom stereocenters. The first-order valence-electron chi connectivity index (χ1n) is 2.36. The summed E-state index contributed by atoms with van der Waals surface area (Å²) in [5.41, 5.74) is 0. The summed E-state index contributed by atoms with van der Waals surface area (Å²) in [6.45, 7) is 0. The van der Waals surface area contributed by atoms with E-state index < -0.39 is 20.5 Å². The fourth-order valence-electron chi connectivity index (χ4n) is 0. The van der Waals surface area contributed by atoms with E-state index in [9.17, 15) is 4.79 Å². The highest BCUT2D eigenvalue weighted by atomic mass is 35.5. The van der Waals surface area contributed by atoms with Crippen molar-refractivity contribution in [3.8, 4) is 0 Å². The predicted octanol–water partition coefficient (Wildman–Crippen LogP) is 3.47. The fourth-order valence-corrected chi connectivity index (χ4v) is 0. The number of rotatable bonds is 2. The largest absolute Gasteiger partial charge is 0.479 e. The van der Waals surface area contributed by atoms with Crippen LogP contribution in [0.5, 0.6) is 0 Å². The molecule has 0 saturated carbocycles. The van der Waals surface area contributed by atoms with Gasteiger partial charge >= 0.3 is 5.97 Å². The number of hydrogen-bond acceptors (Lipinski definition) is 1. The van der Waals surface area contributed by atoms with Gasteiger partial charge in [0, 0.05) is 0 Å². The number of carboxylic acids is 1. The molecule has 0 rings (SSSR count). The second-order valence-electron chi connectivity index (χ2n) is 1.31. The van der Waals surface area contributed by atoms with Gasteiger partial charge in [0.15, 0.2) is 0 Å². The van der Waals surface area contributed by atoms with Crippen molar-refractivity contribution < 1.29 is 9.90 Å². The molecule has 0 fully saturated rings. The molecule has 0 aromatic carbocycles. The van der Waals surface area contributed by atoms with Gasteiger partial charge in [0.05, 0.1) is 0 Å². The summed E-state index contributed by atoms with van der Waals surface area (Å²) in [7, 11) is 0. The molecule has 0 radical (unpaired) electrons. The molecule has 0 bridgehead atoms. The molecule has 0 aliphatic carbocycles. The number of hydrogen-bond donors (Lipinski definition) is 1. The van der Waals surface area contributed by atoms with Crippen LogP contribution in [0.2, 0.25) is 0 Å². The molecule has 0 saturated heterocycles. The van der Waals surface area contributed by atoms with E-state index in [1.165, 1.54) is 0 Å². The van der Waals surface area contributed by atoms with Crippen molar-refractivity contribution in [2.24, 2.45) is 0 Å². The van der Waals surface area contributed by atoms with Crippen molar-refractivity contribution in [3.63, 3.8) is 0 Å². The summed E-state index contributed by atoms with van der Waals surface area (Å²) in [4.78, 5) is 6.80. The zero-order valence-electron chi connectivity index (χ0n) is 5.36. The zero-order valence-corrected chi connectivity index (χ0v) is 9.89. The summed E-state index contributed by atoms with van der Waals surface area (Å²) < 4.78 is 0. The van der Waals surface area contributed by atoms with E-state index >= 15 is 0 Å². The number of carbonyl (C=O) groups is 1. The van der Waals surface area contributed by atoms with Crippen LogP contribution < -0.4 is 0 Å². The van der Waals surface area contributed by atoms with Crippen molar-refractivity contribution in [1.82, 2.24) is 0 Å². The summed E-state index contributed by atoms with van der Waals surface area (Å²) in [5, 5.41) is 7.73. The minimum atomic E-state index is -1.29. The first kappa shape index (κ1) is 15.7. The maximum Gasteiger partial charge on any atom is 0.337 e. The van der Waals surface area contributed by atoms with Gasteiger partial charge in [-0.05, 0) is 0 Å². The highest BCUT2D eigenvalue weighted by Crippen LogP contribution is 2.16. The van der Waals surface area contributed by atoms with Crippen LogP contribution in [0.15, 0.2) is 0 Å². The summed E-state index contributed by atoms with van der Waals surface area (Å²) in [6.07, 6.45) is 0. The quantitative estimate of drug-likeness (QED) is 0.792. The van der Waals surface area contributed by atoms with Crippen LogP contribution in [0, 0.1) is 0 Å². The molecule has 0 atom stereocenters. The molecule has 0 heterocycles. The van der Waals surface area contributed by atoms with Gasteiger partial charge in [-0.1, -0.05) is 23.2 Å². The van der Waals surface area contributed by atoms with E-state index in [4.69, 9.17) is 74.7 Å². The Balaban J connectivity index is 0. The van der Waals surface area contributed by atoms with Gasteiger partial charge in [-0.3, -0.25) is 0 Å². The molecule has 2 nitrogen and oxygen atoms in total. The number of carboxylic acid groups (broad SMARTS) is 1. The fraction of sp³-hybridized carbons (Fsp3) is 0.750. The van der Waals surface area contributed by atoms with Crippen molar-refractivity contribution in [2.75, 3.05) is 0 Å². The van der Waals surface area contributed by atoms with Crippen LogP contribution in [0.4, 0.5) is 0 Å². The van der Waals surface area contributed by atoms with Crippen LogP contribution in [0.1, 0.15) is 0 Å². The van der Waals surface area contributed by atoms with Gasteiger partial charge in [0.25, 0.3) is 0 Å². The lowest BCUT2D eigenvalue weighted by molar-refractivity contribution is -0.135. The summed E-state index contributed by atoms with van der Waals surface area (Å²) >= 11 is 30.0. The highest BCUT2D eigenvalue weighted by molar-refractivity contribution is 6.56. The Morgan fingerprint density at radius 2 is 1.08 bits per heavy atom. The minimum Gasteiger partial charge on any atom is -0.479 e. The molecule has 0 aliphatic heterocycles. The third-order valence-corrected chi connectivity index (χ3v) is 2.27. The van der Waals surface area contributed by atoms with Gasteiger partial charge in [-0.2, -0.15) is 0 Å². The highest BCUT2D eigenvalue weighted by Gasteiger charge is 2.07. The van der Waals surface area contributed by atoms with E-state index in [1.54, 1.807) is 0 Å². The Morgan fingerprint density at radius 3 is 1.08 bits per heavy atom. The average molecular weight is 297 g/mol. The van der Waals surface area contributed by atoms with Crippen molar-refractivity contribution in [2.45, 2.75) is 14.5 Å². The van der Waals surface area contributed by atoms with E-state index in [0.29, 0.717) is 0 Å². The molecule has 8 heteroatoms. The van der Waals surface area contributed by atoms with Crippen LogP contribution in [0.3, 0.4) is 0 Å². The normalized spacial score (nSPS) is 10.1. The van der Waals surface area contributed by atoms with Gasteiger partial charge in [0.2, 0.25) is 4.84 Å². The average Bonchev–Trinajstić information content (AvgIpc) is 1.88. The van der Waals surface area contributed by atoms with Crippen molar-refractivity contribution >= 4 is 75.6 Å². The molecule has 0 aliphatic rings. The van der Waals surface area contributed by atoms with Gasteiger partial charge in [-0.15, -0.1) is 46.4 Å². The van der Waals surface area contributed by atoms with E-state index in [0.717, 1.165) is 0 Å². The predicted molar refractivity (Wildman–Crippen MR) is 54.1 cm³/mol. The lowest BCUT2D eigenvalue weighted by Gasteiger charge is -1.95. The molecular weight excluding hydrogens is 293 g/mol. The van der Waals surface area contributed by atoms with E-state index in [-0.39, 0.29) is 0 Å². The molecule has 74 valence electrons. The van der Waals surface area contributed by atoms with Crippen LogP contribution in [0.25, 0.3) is 0 Å². The maximum absolute atomic E-state index is 9.44. The molecule has 0 aromatic rings. The first-order valence-corrected chi connectivity index (χ1v) is 4.98. The Bertz CT molecular complexity index is 119. The van der Waals surface area contributed by atoms with Crippen LogP contribution >= 0.6 is 69.6 Å². The minimum absolute atomic E-state index is 0.673. The number of halogens is 6. The zero-order chi connectivity index (χ0) is 10.3. The number of aliphatic carboxylic acids is 1. The van der Waals surface area contributed by atoms with Crippen molar-refractivity contribution in [1.29, 1.82) is 0 Å². The smallest absolute Gasteiger partial charge is 0.337 e. The Labute approximate surface area is 99.6 Å². The second-order valence-corrected chi connectivity index (χ2v) is 4.73. The topological polar surface area (TPSA) is 37.3 Å². The third-order valence-electron chi connectivity index (χ3n) is 0.377. The van der Waals surface area contributed by atoms with Gasteiger partial charge in [0.1, 0.15) is 9.67 Å². The van der Waals surface area contributed by atoms with E-state index in [2.05, 4.69) is 0 Å². The van der Waals surface area contributed by atoms with Crippen LogP contribution in [-0.2, 0) is 4.79 Å². The van der Waals surface area contributed by atoms with Crippen LogP contribution in [-0.4, -0.2) is 25.6 Å².